The van der Waals surface area contributed by atoms with E-state index < -0.39 is 11.2 Å². The third-order valence-electron chi connectivity index (χ3n) is 7.13. The number of hydrogen-bond donors (Lipinski definition) is 2. The molecule has 206 valence electrons. The van der Waals surface area contributed by atoms with E-state index in [1.807, 2.05) is 48.5 Å². The number of aliphatic hydroxyl groups is 2. The smallest absolute Gasteiger partial charge is 0.120 e. The molecule has 2 N–H and O–H groups in total. The van der Waals surface area contributed by atoms with Crippen LogP contribution in [0.5, 0.6) is 5.75 Å². The van der Waals surface area contributed by atoms with Gasteiger partial charge in [0.15, 0.2) is 0 Å². The number of nitriles is 1. The summed E-state index contributed by atoms with van der Waals surface area (Å²) < 4.78 is 5.77. The minimum atomic E-state index is -1.14. The molecule has 0 spiro atoms. The van der Waals surface area contributed by atoms with E-state index in [4.69, 9.17) is 16.3 Å². The summed E-state index contributed by atoms with van der Waals surface area (Å²) in [6.07, 6.45) is 2.54. The normalized spacial score (nSPS) is 17.9. The number of nitrogens with zero attached hydrogens (tertiary/aromatic N) is 4. The van der Waals surface area contributed by atoms with E-state index in [9.17, 15) is 15.5 Å². The number of ether oxygens (including phenoxy) is 1. The summed E-state index contributed by atoms with van der Waals surface area (Å²) in [6, 6.07) is 19.4. The van der Waals surface area contributed by atoms with Crippen LogP contribution in [-0.2, 0) is 11.2 Å². The molecule has 3 aromatic rings. The van der Waals surface area contributed by atoms with Crippen molar-refractivity contribution < 1.29 is 14.9 Å². The molecule has 0 bridgehead atoms. The molecule has 2 aromatic carbocycles. The number of aromatic nitrogens is 1. The molecule has 0 radical (unpaired) electrons. The second-order valence-corrected chi connectivity index (χ2v) is 11.3. The largest absolute Gasteiger partial charge is 0.494 e. The summed E-state index contributed by atoms with van der Waals surface area (Å²) in [5.41, 5.74) is 1.56. The quantitative estimate of drug-likeness (QED) is 0.370. The van der Waals surface area contributed by atoms with Crippen LogP contribution in [0.15, 0.2) is 60.8 Å². The lowest BCUT2D eigenvalue weighted by atomic mass is 9.93. The molecule has 0 aliphatic carbocycles. The van der Waals surface area contributed by atoms with Crippen LogP contribution in [0.1, 0.15) is 62.5 Å². The van der Waals surface area contributed by atoms with Crippen LogP contribution in [0.2, 0.25) is 5.02 Å². The maximum Gasteiger partial charge on any atom is 0.120 e. The van der Waals surface area contributed by atoms with Crippen molar-refractivity contribution in [3.05, 3.63) is 88.2 Å². The number of anilines is 1. The van der Waals surface area contributed by atoms with Crippen LogP contribution in [0, 0.1) is 11.3 Å². The second-order valence-electron chi connectivity index (χ2n) is 10.9. The molecular weight excluding hydrogens is 512 g/mol. The predicted octanol–water partition coefficient (Wildman–Crippen LogP) is 5.39. The van der Waals surface area contributed by atoms with Crippen molar-refractivity contribution in [2.75, 3.05) is 37.7 Å². The van der Waals surface area contributed by atoms with Gasteiger partial charge in [0.1, 0.15) is 23.0 Å². The van der Waals surface area contributed by atoms with E-state index in [1.165, 1.54) is 0 Å². The van der Waals surface area contributed by atoms with Gasteiger partial charge in [-0.1, -0.05) is 36.7 Å². The number of benzene rings is 2. The zero-order valence-electron chi connectivity index (χ0n) is 23.1. The summed E-state index contributed by atoms with van der Waals surface area (Å²) >= 11 is 6.20. The molecule has 1 aromatic heterocycles. The minimum absolute atomic E-state index is 0.0583. The molecule has 0 amide bonds. The van der Waals surface area contributed by atoms with Gasteiger partial charge < -0.3 is 19.8 Å². The maximum atomic E-state index is 11.5. The van der Waals surface area contributed by atoms with E-state index in [-0.39, 0.29) is 6.04 Å². The molecule has 0 saturated carbocycles. The van der Waals surface area contributed by atoms with Crippen molar-refractivity contribution in [2.45, 2.75) is 51.4 Å². The minimum Gasteiger partial charge on any atom is -0.494 e. The molecule has 2 heterocycles. The van der Waals surface area contributed by atoms with Gasteiger partial charge in [0.2, 0.25) is 0 Å². The number of pyridine rings is 1. The van der Waals surface area contributed by atoms with Crippen molar-refractivity contribution in [1.29, 1.82) is 5.26 Å². The summed E-state index contributed by atoms with van der Waals surface area (Å²) in [7, 11) is 0. The molecule has 7 nitrogen and oxygen atoms in total. The number of hydrogen-bond acceptors (Lipinski definition) is 7. The molecule has 1 aliphatic rings. The lowest BCUT2D eigenvalue weighted by Gasteiger charge is -2.45. The first-order valence-corrected chi connectivity index (χ1v) is 13.7. The Morgan fingerprint density at radius 2 is 1.82 bits per heavy atom. The van der Waals surface area contributed by atoms with Crippen LogP contribution in [0.3, 0.4) is 0 Å². The molecule has 2 atom stereocenters. The Hall–Kier alpha value is -3.15. The average Bonchev–Trinajstić information content (AvgIpc) is 2.91. The SMILES string of the molecule is CCCOc1ccc(N2CCN(C[C@@](C)(O)c3ccc(C(C)(C)O)nc3)C[C@H]2c2ccc(Cl)cc2)c(C#N)c1. The van der Waals surface area contributed by atoms with E-state index in [0.717, 1.165) is 17.7 Å². The van der Waals surface area contributed by atoms with Gasteiger partial charge >= 0.3 is 0 Å². The standard InChI is InChI=1S/C31H37ClN4O3/c1-5-16-39-26-11-12-27(23(17-26)18-33)36-15-14-35(20-28(36)22-6-9-25(32)10-7-22)21-31(4,38)24-8-13-29(34-19-24)30(2,3)37/h6-13,17,19,28,37-38H,5,14-16,20-21H2,1-4H3/t28-,31+/m0/s1. The molecular formula is C31H37ClN4O3. The van der Waals surface area contributed by atoms with Gasteiger partial charge in [0.05, 0.1) is 29.6 Å². The average molecular weight is 549 g/mol. The summed E-state index contributed by atoms with van der Waals surface area (Å²) in [5.74, 6) is 0.694. The Kier molecular flexibility index (Phi) is 8.83. The van der Waals surface area contributed by atoms with Gasteiger partial charge in [0, 0.05) is 43.0 Å². The van der Waals surface area contributed by atoms with E-state index in [0.29, 0.717) is 60.4 Å². The topological polar surface area (TPSA) is 92.8 Å². The third-order valence-corrected chi connectivity index (χ3v) is 7.39. The Morgan fingerprint density at radius 1 is 1.08 bits per heavy atom. The zero-order chi connectivity index (χ0) is 28.2. The lowest BCUT2D eigenvalue weighted by molar-refractivity contribution is 0.00970. The van der Waals surface area contributed by atoms with Crippen molar-refractivity contribution in [2.24, 2.45) is 0 Å². The first-order chi connectivity index (χ1) is 18.5. The number of rotatable bonds is 9. The van der Waals surface area contributed by atoms with Crippen molar-refractivity contribution in [3.8, 4) is 11.8 Å². The van der Waals surface area contributed by atoms with Crippen molar-refractivity contribution >= 4 is 17.3 Å². The summed E-state index contributed by atoms with van der Waals surface area (Å²) in [6.45, 7) is 10.2. The first-order valence-electron chi connectivity index (χ1n) is 13.3. The zero-order valence-corrected chi connectivity index (χ0v) is 23.8. The predicted molar refractivity (Wildman–Crippen MR) is 154 cm³/mol. The van der Waals surface area contributed by atoms with E-state index in [2.05, 4.69) is 27.8 Å². The van der Waals surface area contributed by atoms with Gasteiger partial charge in [-0.05, 0) is 69.2 Å². The highest BCUT2D eigenvalue weighted by molar-refractivity contribution is 6.30. The molecule has 39 heavy (non-hydrogen) atoms. The van der Waals surface area contributed by atoms with Crippen LogP contribution in [0.4, 0.5) is 5.69 Å². The highest BCUT2D eigenvalue weighted by atomic mass is 35.5. The first kappa shape index (κ1) is 28.8. The maximum absolute atomic E-state index is 11.5. The molecule has 4 rings (SSSR count). The van der Waals surface area contributed by atoms with Crippen LogP contribution in [-0.4, -0.2) is 52.9 Å². The third kappa shape index (κ3) is 6.90. The molecule has 0 unspecified atom stereocenters. The highest BCUT2D eigenvalue weighted by Crippen LogP contribution is 2.36. The molecule has 1 aliphatic heterocycles. The fraction of sp³-hybridized carbons (Fsp3) is 0.419. The van der Waals surface area contributed by atoms with Crippen LogP contribution < -0.4 is 9.64 Å². The van der Waals surface area contributed by atoms with Gasteiger partial charge in [-0.2, -0.15) is 5.26 Å². The Morgan fingerprint density at radius 3 is 2.44 bits per heavy atom. The van der Waals surface area contributed by atoms with E-state index >= 15 is 0 Å². The van der Waals surface area contributed by atoms with Gasteiger partial charge in [-0.15, -0.1) is 0 Å². The van der Waals surface area contributed by atoms with Crippen molar-refractivity contribution in [1.82, 2.24) is 9.88 Å². The van der Waals surface area contributed by atoms with Crippen LogP contribution >= 0.6 is 11.6 Å². The molecule has 1 fully saturated rings. The van der Waals surface area contributed by atoms with Gasteiger partial charge in [-0.25, -0.2) is 0 Å². The van der Waals surface area contributed by atoms with E-state index in [1.54, 1.807) is 33.0 Å². The fourth-order valence-corrected chi connectivity index (χ4v) is 5.13. The fourth-order valence-electron chi connectivity index (χ4n) is 5.01. The van der Waals surface area contributed by atoms with Gasteiger partial charge in [-0.3, -0.25) is 9.88 Å². The number of halogens is 1. The van der Waals surface area contributed by atoms with Gasteiger partial charge in [0.25, 0.3) is 0 Å². The Balaban J connectivity index is 1.60. The molecule has 1 saturated heterocycles. The van der Waals surface area contributed by atoms with Crippen LogP contribution in [0.25, 0.3) is 0 Å². The number of piperazine rings is 1. The highest BCUT2D eigenvalue weighted by Gasteiger charge is 2.34. The number of β-amino-alcohol motifs (C(OH)–C–C–N with tert-alkyl or cyclic N) is 1. The second kappa shape index (κ2) is 11.9. The Labute approximate surface area is 236 Å². The molecule has 8 heteroatoms. The monoisotopic (exact) mass is 548 g/mol. The summed E-state index contributed by atoms with van der Waals surface area (Å²) in [5, 5.41) is 32.3. The van der Waals surface area contributed by atoms with Crippen molar-refractivity contribution in [3.63, 3.8) is 0 Å². The Bertz CT molecular complexity index is 1300. The summed E-state index contributed by atoms with van der Waals surface area (Å²) in [4.78, 5) is 8.89. The lowest BCUT2D eigenvalue weighted by Crippen LogP contribution is -2.52.